The highest BCUT2D eigenvalue weighted by Crippen LogP contribution is 2.37. The van der Waals surface area contributed by atoms with E-state index in [4.69, 9.17) is 0 Å². The van der Waals surface area contributed by atoms with Gasteiger partial charge in [-0.15, -0.1) is 0 Å². The smallest absolute Gasteiger partial charge is 0.350 e. The van der Waals surface area contributed by atoms with E-state index in [2.05, 4.69) is 19.8 Å². The standard InChI is InChI=1S/C20H28F3N5O/c1-13(2)27-10-7-16(19(27)29)26-8-5-15(6-9-26)28(14-3-4-14)18-11-17(20(21,22)23)24-12-25-18/h11-16H,3-10H2,1-2H3. The molecule has 0 aromatic carbocycles. The number of hydrogen-bond acceptors (Lipinski definition) is 5. The van der Waals surface area contributed by atoms with E-state index in [0.29, 0.717) is 5.82 Å². The van der Waals surface area contributed by atoms with Crippen molar-refractivity contribution in [1.82, 2.24) is 19.8 Å². The van der Waals surface area contributed by atoms with E-state index >= 15 is 0 Å². The Labute approximate surface area is 169 Å². The molecule has 0 N–H and O–H groups in total. The number of piperidine rings is 1. The highest BCUT2D eigenvalue weighted by Gasteiger charge is 2.42. The summed E-state index contributed by atoms with van der Waals surface area (Å²) in [4.78, 5) is 26.5. The molecule has 1 amide bonds. The molecule has 0 bridgehead atoms. The topological polar surface area (TPSA) is 52.6 Å². The van der Waals surface area contributed by atoms with Crippen LogP contribution in [0.2, 0.25) is 0 Å². The number of carbonyl (C=O) groups excluding carboxylic acids is 1. The summed E-state index contributed by atoms with van der Waals surface area (Å²) >= 11 is 0. The van der Waals surface area contributed by atoms with Crippen molar-refractivity contribution in [3.63, 3.8) is 0 Å². The molecule has 1 aromatic rings. The Hall–Kier alpha value is -1.90. The first-order chi connectivity index (χ1) is 13.8. The van der Waals surface area contributed by atoms with Gasteiger partial charge in [-0.3, -0.25) is 9.69 Å². The number of likely N-dealkylation sites (tertiary alicyclic amines) is 2. The molecule has 29 heavy (non-hydrogen) atoms. The van der Waals surface area contributed by atoms with Crippen molar-refractivity contribution >= 4 is 11.7 Å². The lowest BCUT2D eigenvalue weighted by molar-refractivity contribution is -0.141. The van der Waals surface area contributed by atoms with Gasteiger partial charge in [0.15, 0.2) is 0 Å². The molecule has 0 radical (unpaired) electrons. The summed E-state index contributed by atoms with van der Waals surface area (Å²) in [7, 11) is 0. The molecular formula is C20H28F3N5O. The predicted octanol–water partition coefficient (Wildman–Crippen LogP) is 2.94. The van der Waals surface area contributed by atoms with Crippen LogP contribution in [0, 0.1) is 0 Å². The van der Waals surface area contributed by atoms with Crippen LogP contribution < -0.4 is 4.90 Å². The number of amides is 1. The fraction of sp³-hybridized carbons (Fsp3) is 0.750. The van der Waals surface area contributed by atoms with E-state index in [0.717, 1.165) is 64.1 Å². The van der Waals surface area contributed by atoms with Gasteiger partial charge in [0.2, 0.25) is 5.91 Å². The zero-order valence-corrected chi connectivity index (χ0v) is 16.9. The molecule has 1 unspecified atom stereocenters. The van der Waals surface area contributed by atoms with Crippen LogP contribution in [0.5, 0.6) is 0 Å². The van der Waals surface area contributed by atoms with Gasteiger partial charge in [-0.25, -0.2) is 9.97 Å². The van der Waals surface area contributed by atoms with E-state index in [9.17, 15) is 18.0 Å². The Kier molecular flexibility index (Phi) is 5.44. The van der Waals surface area contributed by atoms with Crippen LogP contribution in [-0.2, 0) is 11.0 Å². The number of hydrogen-bond donors (Lipinski definition) is 0. The number of carbonyl (C=O) groups is 1. The van der Waals surface area contributed by atoms with Crippen molar-refractivity contribution in [1.29, 1.82) is 0 Å². The van der Waals surface area contributed by atoms with Crippen LogP contribution in [0.3, 0.4) is 0 Å². The summed E-state index contributed by atoms with van der Waals surface area (Å²) in [6.07, 6.45) is 1.02. The minimum Gasteiger partial charge on any atom is -0.350 e. The van der Waals surface area contributed by atoms with Crippen molar-refractivity contribution < 1.29 is 18.0 Å². The zero-order chi connectivity index (χ0) is 20.8. The van der Waals surface area contributed by atoms with Gasteiger partial charge >= 0.3 is 6.18 Å². The molecule has 4 rings (SSSR count). The van der Waals surface area contributed by atoms with E-state index in [1.165, 1.54) is 0 Å². The second kappa shape index (κ2) is 7.74. The predicted molar refractivity (Wildman–Crippen MR) is 102 cm³/mol. The number of nitrogens with zero attached hydrogens (tertiary/aromatic N) is 5. The molecule has 160 valence electrons. The Morgan fingerprint density at radius 2 is 1.69 bits per heavy atom. The maximum Gasteiger partial charge on any atom is 0.433 e. The van der Waals surface area contributed by atoms with Gasteiger partial charge in [-0.1, -0.05) is 0 Å². The van der Waals surface area contributed by atoms with Gasteiger partial charge in [0.05, 0.1) is 6.04 Å². The monoisotopic (exact) mass is 411 g/mol. The maximum absolute atomic E-state index is 13.1. The third kappa shape index (κ3) is 4.20. The molecule has 3 heterocycles. The Morgan fingerprint density at radius 3 is 2.24 bits per heavy atom. The molecule has 1 aromatic heterocycles. The van der Waals surface area contributed by atoms with E-state index in [-0.39, 0.29) is 30.1 Å². The van der Waals surface area contributed by atoms with Crippen LogP contribution in [0.1, 0.15) is 51.6 Å². The number of aromatic nitrogens is 2. The third-order valence-corrected chi connectivity index (χ3v) is 6.32. The highest BCUT2D eigenvalue weighted by atomic mass is 19.4. The van der Waals surface area contributed by atoms with Crippen LogP contribution in [0.15, 0.2) is 12.4 Å². The first-order valence-corrected chi connectivity index (χ1v) is 10.5. The average molecular weight is 411 g/mol. The number of alkyl halides is 3. The third-order valence-electron chi connectivity index (χ3n) is 6.32. The highest BCUT2D eigenvalue weighted by molar-refractivity contribution is 5.84. The second-order valence-electron chi connectivity index (χ2n) is 8.59. The fourth-order valence-electron chi connectivity index (χ4n) is 4.68. The summed E-state index contributed by atoms with van der Waals surface area (Å²) in [6.45, 7) is 6.45. The van der Waals surface area contributed by atoms with Crippen molar-refractivity contribution in [3.8, 4) is 0 Å². The molecule has 0 spiro atoms. The van der Waals surface area contributed by atoms with Crippen molar-refractivity contribution in [3.05, 3.63) is 18.1 Å². The quantitative estimate of drug-likeness (QED) is 0.746. The average Bonchev–Trinajstić information content (AvgIpc) is 3.43. The van der Waals surface area contributed by atoms with E-state index in [1.54, 1.807) is 0 Å². The molecule has 1 saturated carbocycles. The number of rotatable bonds is 5. The Morgan fingerprint density at radius 1 is 1.03 bits per heavy atom. The molecule has 3 fully saturated rings. The van der Waals surface area contributed by atoms with E-state index < -0.39 is 11.9 Å². The Balaban J connectivity index is 1.44. The van der Waals surface area contributed by atoms with Gasteiger partial charge < -0.3 is 9.80 Å². The summed E-state index contributed by atoms with van der Waals surface area (Å²) < 4.78 is 39.3. The van der Waals surface area contributed by atoms with E-state index in [1.807, 2.05) is 18.7 Å². The zero-order valence-electron chi connectivity index (χ0n) is 16.9. The number of halogens is 3. The molecule has 2 aliphatic heterocycles. The molecule has 1 aliphatic carbocycles. The molecule has 3 aliphatic rings. The summed E-state index contributed by atoms with van der Waals surface area (Å²) in [5.41, 5.74) is -0.893. The van der Waals surface area contributed by atoms with Crippen molar-refractivity contribution in [2.75, 3.05) is 24.5 Å². The largest absolute Gasteiger partial charge is 0.433 e. The minimum absolute atomic E-state index is 0.0522. The molecule has 2 saturated heterocycles. The van der Waals surface area contributed by atoms with Gasteiger partial charge in [-0.05, 0) is 46.0 Å². The van der Waals surface area contributed by atoms with Gasteiger partial charge in [0.1, 0.15) is 17.8 Å². The van der Waals surface area contributed by atoms with Gasteiger partial charge in [-0.2, -0.15) is 13.2 Å². The van der Waals surface area contributed by atoms with Gasteiger partial charge in [0, 0.05) is 43.8 Å². The second-order valence-corrected chi connectivity index (χ2v) is 8.59. The van der Waals surface area contributed by atoms with Crippen LogP contribution in [0.25, 0.3) is 0 Å². The summed E-state index contributed by atoms with van der Waals surface area (Å²) in [6, 6.07) is 1.64. The number of anilines is 1. The van der Waals surface area contributed by atoms with Crippen LogP contribution >= 0.6 is 0 Å². The summed E-state index contributed by atoms with van der Waals surface area (Å²) in [5.74, 6) is 0.583. The first kappa shape index (κ1) is 20.4. The normalized spacial score (nSPS) is 24.6. The van der Waals surface area contributed by atoms with Crippen LogP contribution in [-0.4, -0.2) is 69.5 Å². The SMILES string of the molecule is CC(C)N1CCC(N2CCC(N(c3cc(C(F)(F)F)ncn3)C3CC3)CC2)C1=O. The van der Waals surface area contributed by atoms with Gasteiger partial charge in [0.25, 0.3) is 0 Å². The fourth-order valence-corrected chi connectivity index (χ4v) is 4.68. The van der Waals surface area contributed by atoms with Crippen molar-refractivity contribution in [2.24, 2.45) is 0 Å². The molecule has 6 nitrogen and oxygen atoms in total. The lowest BCUT2D eigenvalue weighted by Crippen LogP contribution is -2.51. The summed E-state index contributed by atoms with van der Waals surface area (Å²) in [5, 5.41) is 0. The molecular weight excluding hydrogens is 383 g/mol. The Bertz CT molecular complexity index is 744. The maximum atomic E-state index is 13.1. The van der Waals surface area contributed by atoms with Crippen molar-refractivity contribution in [2.45, 2.75) is 76.3 Å². The molecule has 9 heteroatoms. The minimum atomic E-state index is -4.47. The first-order valence-electron chi connectivity index (χ1n) is 10.5. The lowest BCUT2D eigenvalue weighted by atomic mass is 10.0. The molecule has 1 atom stereocenters. The van der Waals surface area contributed by atoms with Crippen LogP contribution in [0.4, 0.5) is 19.0 Å². The lowest BCUT2D eigenvalue weighted by Gasteiger charge is -2.41.